The van der Waals surface area contributed by atoms with E-state index in [1.54, 1.807) is 22.3 Å². The predicted octanol–water partition coefficient (Wildman–Crippen LogP) is 4.77. The van der Waals surface area contributed by atoms with E-state index in [0.29, 0.717) is 3.43 Å². The number of hydrogen-bond acceptors (Lipinski definition) is 0. The van der Waals surface area contributed by atoms with Crippen LogP contribution in [0.2, 0.25) is 18.2 Å². The molecular weight excluding hydrogens is 275 g/mol. The van der Waals surface area contributed by atoms with Crippen LogP contribution in [0, 0.1) is 0 Å². The van der Waals surface area contributed by atoms with Gasteiger partial charge in [0.2, 0.25) is 0 Å². The van der Waals surface area contributed by atoms with Crippen molar-refractivity contribution in [2.24, 2.45) is 0 Å². The Bertz CT molecular complexity index is 300. The van der Waals surface area contributed by atoms with Crippen molar-refractivity contribution in [3.63, 3.8) is 0 Å². The van der Waals surface area contributed by atoms with E-state index in [0.717, 1.165) is 0 Å². The van der Waals surface area contributed by atoms with Gasteiger partial charge < -0.3 is 0 Å². The summed E-state index contributed by atoms with van der Waals surface area (Å²) in [6, 6.07) is 0. The van der Waals surface area contributed by atoms with E-state index < -0.39 is 18.4 Å². The van der Waals surface area contributed by atoms with Gasteiger partial charge in [-0.15, -0.1) is 0 Å². The minimum absolute atomic E-state index is 0.461. The number of hydrogen-bond donors (Lipinski definition) is 0. The second-order valence-electron chi connectivity index (χ2n) is 5.88. The van der Waals surface area contributed by atoms with E-state index in [4.69, 9.17) is 0 Å². The first kappa shape index (κ1) is 12.3. The van der Waals surface area contributed by atoms with Gasteiger partial charge in [0, 0.05) is 0 Å². The van der Waals surface area contributed by atoms with E-state index in [-0.39, 0.29) is 0 Å². The molecule has 0 aromatic rings. The Kier molecular flexibility index (Phi) is 3.00. The summed E-state index contributed by atoms with van der Waals surface area (Å²) in [5, 5.41) is 0. The van der Waals surface area contributed by atoms with Gasteiger partial charge in [-0.2, -0.15) is 0 Å². The summed E-state index contributed by atoms with van der Waals surface area (Å²) in [7, 11) is 0. The maximum atomic E-state index is 2.55. The molecule has 0 radical (unpaired) electrons. The fourth-order valence-corrected chi connectivity index (χ4v) is 10.2. The Morgan fingerprint density at radius 2 is 1.07 bits per heavy atom. The average Bonchev–Trinajstić information content (AvgIpc) is 2.21. The second kappa shape index (κ2) is 3.40. The van der Waals surface area contributed by atoms with Gasteiger partial charge in [-0.05, 0) is 0 Å². The Hall–Kier alpha value is 0.279. The molecule has 0 unspecified atom stereocenters. The summed E-state index contributed by atoms with van der Waals surface area (Å²) in [5.74, 6) is 0. The zero-order valence-corrected chi connectivity index (χ0v) is 13.9. The van der Waals surface area contributed by atoms with Crippen molar-refractivity contribution in [1.82, 2.24) is 0 Å². The molecule has 0 aromatic heterocycles. The third-order valence-electron chi connectivity index (χ3n) is 4.69. The van der Waals surface area contributed by atoms with Crippen LogP contribution in [-0.2, 0) is 0 Å². The molecule has 0 aliphatic heterocycles. The SMILES string of the molecule is CC1=C(C)[C](C)([Sn]([CH3])([CH3])[CH3])C(C)=C1C. The first-order chi connectivity index (χ1) is 6.14. The van der Waals surface area contributed by atoms with Gasteiger partial charge in [0.05, 0.1) is 0 Å². The van der Waals surface area contributed by atoms with Crippen molar-refractivity contribution in [2.75, 3.05) is 0 Å². The van der Waals surface area contributed by atoms with Crippen molar-refractivity contribution in [2.45, 2.75) is 52.9 Å². The van der Waals surface area contributed by atoms with Crippen LogP contribution >= 0.6 is 0 Å². The van der Waals surface area contributed by atoms with Crippen molar-refractivity contribution in [1.29, 1.82) is 0 Å². The molecule has 0 amide bonds. The van der Waals surface area contributed by atoms with Crippen LogP contribution in [0.25, 0.3) is 0 Å². The second-order valence-corrected chi connectivity index (χ2v) is 21.6. The summed E-state index contributed by atoms with van der Waals surface area (Å²) in [4.78, 5) is 7.65. The topological polar surface area (TPSA) is 0 Å². The molecule has 0 N–H and O–H groups in total. The Balaban J connectivity index is 3.42. The molecule has 0 bridgehead atoms. The molecule has 1 rings (SSSR count). The molecule has 0 saturated carbocycles. The van der Waals surface area contributed by atoms with E-state index in [2.05, 4.69) is 49.4 Å². The normalized spacial score (nSPS) is 22.3. The summed E-state index contributed by atoms with van der Waals surface area (Å²) >= 11 is -1.93. The molecule has 0 saturated heterocycles. The molecule has 1 aliphatic carbocycles. The maximum absolute atomic E-state index is 2.55. The summed E-state index contributed by atoms with van der Waals surface area (Å²) < 4.78 is 0.461. The third-order valence-corrected chi connectivity index (χ3v) is 15.4. The van der Waals surface area contributed by atoms with Crippen molar-refractivity contribution in [3.8, 4) is 0 Å². The third kappa shape index (κ3) is 1.41. The van der Waals surface area contributed by atoms with Crippen LogP contribution in [0.5, 0.6) is 0 Å². The first-order valence-corrected chi connectivity index (χ1v) is 15.5. The fourth-order valence-electron chi connectivity index (χ4n) is 2.72. The van der Waals surface area contributed by atoms with E-state index in [1.807, 2.05) is 0 Å². The number of rotatable bonds is 1. The van der Waals surface area contributed by atoms with Crippen LogP contribution in [0.1, 0.15) is 34.6 Å². The zero-order valence-electron chi connectivity index (χ0n) is 11.0. The molecule has 80 valence electrons. The van der Waals surface area contributed by atoms with Crippen molar-refractivity contribution in [3.05, 3.63) is 22.3 Å². The average molecular weight is 299 g/mol. The molecule has 1 heteroatoms. The van der Waals surface area contributed by atoms with Gasteiger partial charge in [0.1, 0.15) is 0 Å². The molecule has 0 fully saturated rings. The summed E-state index contributed by atoms with van der Waals surface area (Å²) in [5.41, 5.74) is 6.40. The van der Waals surface area contributed by atoms with Crippen LogP contribution in [-0.4, -0.2) is 18.4 Å². The van der Waals surface area contributed by atoms with Crippen LogP contribution in [0.3, 0.4) is 0 Å². The van der Waals surface area contributed by atoms with E-state index in [9.17, 15) is 0 Å². The van der Waals surface area contributed by atoms with Crippen LogP contribution in [0.4, 0.5) is 0 Å². The Labute approximate surface area is 93.4 Å². The fraction of sp³-hybridized carbons (Fsp3) is 0.692. The zero-order chi connectivity index (χ0) is 11.3. The van der Waals surface area contributed by atoms with E-state index >= 15 is 0 Å². The number of allylic oxidation sites excluding steroid dienone is 4. The first-order valence-electron chi connectivity index (χ1n) is 5.50. The molecule has 0 nitrogen and oxygen atoms in total. The minimum atomic E-state index is -1.93. The molecule has 0 spiro atoms. The standard InChI is InChI=1S/C10H15.3CH3.Sn/c1-6-7(2)9(4)10(5)8(6)3;;;;/h1-5H3;3*1H3;. The van der Waals surface area contributed by atoms with Gasteiger partial charge in [0.25, 0.3) is 0 Å². The Morgan fingerprint density at radius 1 is 0.786 bits per heavy atom. The molecule has 0 aromatic carbocycles. The Morgan fingerprint density at radius 3 is 1.21 bits per heavy atom. The van der Waals surface area contributed by atoms with Crippen LogP contribution in [0.15, 0.2) is 22.3 Å². The van der Waals surface area contributed by atoms with Gasteiger partial charge in [-0.1, -0.05) is 0 Å². The van der Waals surface area contributed by atoms with Gasteiger partial charge in [0.15, 0.2) is 0 Å². The summed E-state index contributed by atoms with van der Waals surface area (Å²) in [6.07, 6.45) is 0. The van der Waals surface area contributed by atoms with Crippen LogP contribution < -0.4 is 0 Å². The van der Waals surface area contributed by atoms with Crippen molar-refractivity contribution >= 4 is 18.4 Å². The van der Waals surface area contributed by atoms with Gasteiger partial charge >= 0.3 is 93.5 Å². The molecule has 0 heterocycles. The molecular formula is C13H24Sn. The van der Waals surface area contributed by atoms with E-state index in [1.165, 1.54) is 0 Å². The predicted molar refractivity (Wildman–Crippen MR) is 68.5 cm³/mol. The molecule has 1 aliphatic rings. The molecule has 14 heavy (non-hydrogen) atoms. The monoisotopic (exact) mass is 300 g/mol. The van der Waals surface area contributed by atoms with Gasteiger partial charge in [-0.25, -0.2) is 0 Å². The van der Waals surface area contributed by atoms with Crippen molar-refractivity contribution < 1.29 is 0 Å². The van der Waals surface area contributed by atoms with Gasteiger partial charge in [-0.3, -0.25) is 0 Å². The quantitative estimate of drug-likeness (QED) is 0.612. The summed E-state index contributed by atoms with van der Waals surface area (Å²) in [6.45, 7) is 11.7. The molecule has 0 atom stereocenters.